The van der Waals surface area contributed by atoms with E-state index in [1.54, 1.807) is 18.2 Å². The van der Waals surface area contributed by atoms with E-state index in [1.807, 2.05) is 0 Å². The van der Waals surface area contributed by atoms with Crippen LogP contribution in [0.25, 0.3) is 0 Å². The van der Waals surface area contributed by atoms with Gasteiger partial charge in [0.15, 0.2) is 0 Å². The van der Waals surface area contributed by atoms with Gasteiger partial charge in [0.25, 0.3) is 0 Å². The Bertz CT molecular complexity index is 697. The normalized spacial score (nSPS) is 36.9. The molecule has 1 saturated heterocycles. The molecule has 1 heterocycles. The van der Waals surface area contributed by atoms with E-state index in [2.05, 4.69) is 21.2 Å². The first-order chi connectivity index (χ1) is 11.0. The summed E-state index contributed by atoms with van der Waals surface area (Å²) in [5.41, 5.74) is 0.516. The van der Waals surface area contributed by atoms with Gasteiger partial charge in [0.2, 0.25) is 5.91 Å². The molecule has 23 heavy (non-hydrogen) atoms. The number of benzene rings is 1. The van der Waals surface area contributed by atoms with Gasteiger partial charge >= 0.3 is 5.97 Å². The van der Waals surface area contributed by atoms with Gasteiger partial charge in [-0.3, -0.25) is 9.59 Å². The fraction of sp³-hybridized carbons (Fsp3) is 0.500. The van der Waals surface area contributed by atoms with Crippen LogP contribution in [0.5, 0.6) is 5.75 Å². The molecular weight excluding hydrogens is 386 g/mol. The molecule has 6 atom stereocenters. The highest BCUT2D eigenvalue weighted by molar-refractivity contribution is 9.09. The van der Waals surface area contributed by atoms with Gasteiger partial charge in [-0.25, -0.2) is 0 Å². The summed E-state index contributed by atoms with van der Waals surface area (Å²) < 4.78 is 10.7. The quantitative estimate of drug-likeness (QED) is 0.626. The van der Waals surface area contributed by atoms with Crippen LogP contribution in [0.3, 0.4) is 0 Å². The molecule has 1 aromatic carbocycles. The van der Waals surface area contributed by atoms with E-state index in [0.29, 0.717) is 16.5 Å². The van der Waals surface area contributed by atoms with E-state index in [-0.39, 0.29) is 46.5 Å². The van der Waals surface area contributed by atoms with Crippen molar-refractivity contribution in [2.45, 2.75) is 17.4 Å². The van der Waals surface area contributed by atoms with Gasteiger partial charge in [0, 0.05) is 10.9 Å². The lowest BCUT2D eigenvalue weighted by atomic mass is 9.79. The average molecular weight is 401 g/mol. The highest BCUT2D eigenvalue weighted by Gasteiger charge is 2.67. The van der Waals surface area contributed by atoms with Crippen molar-refractivity contribution in [1.29, 1.82) is 0 Å². The molecule has 2 bridgehead atoms. The fourth-order valence-electron chi connectivity index (χ4n) is 4.32. The molecule has 0 radical (unpaired) electrons. The Labute approximate surface area is 146 Å². The Morgan fingerprint density at radius 2 is 2.22 bits per heavy atom. The number of halogens is 2. The Kier molecular flexibility index (Phi) is 3.57. The zero-order chi connectivity index (χ0) is 16.3. The summed E-state index contributed by atoms with van der Waals surface area (Å²) in [7, 11) is 1.53. The van der Waals surface area contributed by atoms with Crippen LogP contribution in [-0.4, -0.2) is 29.9 Å². The van der Waals surface area contributed by atoms with Gasteiger partial charge < -0.3 is 14.8 Å². The van der Waals surface area contributed by atoms with Crippen LogP contribution in [0, 0.1) is 23.7 Å². The molecule has 0 aromatic heterocycles. The van der Waals surface area contributed by atoms with E-state index in [9.17, 15) is 9.59 Å². The molecule has 2 saturated carbocycles. The maximum atomic E-state index is 12.8. The van der Waals surface area contributed by atoms with Crippen molar-refractivity contribution in [3.05, 3.63) is 23.2 Å². The van der Waals surface area contributed by atoms with Crippen LogP contribution in [-0.2, 0) is 14.3 Å². The molecule has 2 aliphatic carbocycles. The number of fused-ring (bicyclic) bond motifs is 1. The Balaban J connectivity index is 1.61. The number of methoxy groups -OCH3 is 1. The number of hydrogen-bond acceptors (Lipinski definition) is 4. The predicted octanol–water partition coefficient (Wildman–Crippen LogP) is 2.86. The van der Waals surface area contributed by atoms with Crippen molar-refractivity contribution in [2.75, 3.05) is 12.4 Å². The lowest BCUT2D eigenvalue weighted by Crippen LogP contribution is -2.40. The van der Waals surface area contributed by atoms with Crippen molar-refractivity contribution in [3.63, 3.8) is 0 Å². The highest BCUT2D eigenvalue weighted by Crippen LogP contribution is 2.60. The largest absolute Gasteiger partial charge is 0.495 e. The molecular formula is C16H15BrClNO4. The number of ether oxygens (including phenoxy) is 2. The van der Waals surface area contributed by atoms with Gasteiger partial charge in [-0.2, -0.15) is 0 Å². The summed E-state index contributed by atoms with van der Waals surface area (Å²) in [6, 6.07) is 5.04. The number of nitrogens with one attached hydrogen (secondary N) is 1. The summed E-state index contributed by atoms with van der Waals surface area (Å²) in [6.45, 7) is 0. The third kappa shape index (κ3) is 2.18. The van der Waals surface area contributed by atoms with E-state index in [4.69, 9.17) is 21.1 Å². The van der Waals surface area contributed by atoms with Crippen LogP contribution in [0.15, 0.2) is 18.2 Å². The fourth-order valence-corrected chi connectivity index (χ4v) is 5.54. The summed E-state index contributed by atoms with van der Waals surface area (Å²) in [5.74, 6) is -0.329. The number of esters is 1. The molecule has 122 valence electrons. The average Bonchev–Trinajstić information content (AvgIpc) is 3.11. The predicted molar refractivity (Wildman–Crippen MR) is 87.8 cm³/mol. The second-order valence-electron chi connectivity index (χ2n) is 6.29. The van der Waals surface area contributed by atoms with Gasteiger partial charge in [0.1, 0.15) is 11.9 Å². The number of anilines is 1. The molecule has 0 unspecified atom stereocenters. The van der Waals surface area contributed by atoms with Crippen molar-refractivity contribution in [2.24, 2.45) is 23.7 Å². The third-order valence-electron chi connectivity index (χ3n) is 5.25. The van der Waals surface area contributed by atoms with Crippen molar-refractivity contribution in [1.82, 2.24) is 0 Å². The second-order valence-corrected chi connectivity index (χ2v) is 7.79. The maximum absolute atomic E-state index is 12.8. The van der Waals surface area contributed by atoms with Crippen LogP contribution < -0.4 is 10.1 Å². The minimum absolute atomic E-state index is 0.0483. The number of alkyl halides is 1. The SMILES string of the molecule is COc1ccc(Cl)cc1NC(=O)[C@@H]1[C@H]2C[C@H]3[C@H](OC(=O)[C@H]31)[C@@H]2Br. The van der Waals surface area contributed by atoms with E-state index in [0.717, 1.165) is 6.42 Å². The standard InChI is InChI=1S/C16H15BrClNO4/c1-22-10-3-2-6(18)4-9(10)19-15(20)11-7-5-8-12(11)16(21)23-14(8)13(7)17/h2-4,7-8,11-14H,5H2,1H3,(H,19,20)/t7-,8-,11-,12-,13-,14+/m1/s1. The summed E-state index contributed by atoms with van der Waals surface area (Å²) in [6.07, 6.45) is 0.768. The molecule has 1 aromatic rings. The Morgan fingerprint density at radius 3 is 2.96 bits per heavy atom. The van der Waals surface area contributed by atoms with E-state index < -0.39 is 0 Å². The zero-order valence-electron chi connectivity index (χ0n) is 12.3. The molecule has 7 heteroatoms. The van der Waals surface area contributed by atoms with Gasteiger partial charge in [-0.15, -0.1) is 0 Å². The van der Waals surface area contributed by atoms with Crippen molar-refractivity contribution >= 4 is 45.1 Å². The molecule has 1 amide bonds. The Hall–Kier alpha value is -1.27. The monoisotopic (exact) mass is 399 g/mol. The van der Waals surface area contributed by atoms with Crippen molar-refractivity contribution < 1.29 is 19.1 Å². The Morgan fingerprint density at radius 1 is 1.43 bits per heavy atom. The summed E-state index contributed by atoms with van der Waals surface area (Å²) in [5, 5.41) is 3.38. The third-order valence-corrected chi connectivity index (χ3v) is 6.68. The second kappa shape index (κ2) is 5.38. The number of rotatable bonds is 3. The molecule has 3 aliphatic rings. The minimum Gasteiger partial charge on any atom is -0.495 e. The molecule has 5 nitrogen and oxygen atoms in total. The first-order valence-electron chi connectivity index (χ1n) is 7.50. The lowest BCUT2D eigenvalue weighted by Gasteiger charge is -2.27. The molecule has 4 rings (SSSR count). The van der Waals surface area contributed by atoms with Gasteiger partial charge in [-0.05, 0) is 30.5 Å². The minimum atomic E-state index is -0.376. The highest BCUT2D eigenvalue weighted by atomic mass is 79.9. The summed E-state index contributed by atoms with van der Waals surface area (Å²) >= 11 is 9.61. The van der Waals surface area contributed by atoms with E-state index >= 15 is 0 Å². The smallest absolute Gasteiger partial charge is 0.310 e. The van der Waals surface area contributed by atoms with Crippen LogP contribution >= 0.6 is 27.5 Å². The van der Waals surface area contributed by atoms with Crippen molar-refractivity contribution in [3.8, 4) is 5.75 Å². The lowest BCUT2D eigenvalue weighted by molar-refractivity contribution is -0.145. The summed E-state index contributed by atoms with van der Waals surface area (Å²) in [4.78, 5) is 25.0. The number of carbonyl (C=O) groups excluding carboxylic acids is 2. The molecule has 1 aliphatic heterocycles. The van der Waals surface area contributed by atoms with Gasteiger partial charge in [-0.1, -0.05) is 27.5 Å². The van der Waals surface area contributed by atoms with Crippen LogP contribution in [0.1, 0.15) is 6.42 Å². The molecule has 1 N–H and O–H groups in total. The first-order valence-corrected chi connectivity index (χ1v) is 8.79. The number of amides is 1. The van der Waals surface area contributed by atoms with Crippen LogP contribution in [0.4, 0.5) is 5.69 Å². The first kappa shape index (κ1) is 15.3. The van der Waals surface area contributed by atoms with Crippen LogP contribution in [0.2, 0.25) is 5.02 Å². The van der Waals surface area contributed by atoms with Gasteiger partial charge in [0.05, 0.1) is 29.5 Å². The number of carbonyl (C=O) groups is 2. The topological polar surface area (TPSA) is 64.6 Å². The molecule has 3 fully saturated rings. The van der Waals surface area contributed by atoms with E-state index in [1.165, 1.54) is 7.11 Å². The molecule has 0 spiro atoms. The zero-order valence-corrected chi connectivity index (χ0v) is 14.6. The number of hydrogen-bond donors (Lipinski definition) is 1. The maximum Gasteiger partial charge on any atom is 0.310 e.